The van der Waals surface area contributed by atoms with E-state index in [0.717, 1.165) is 5.56 Å². The SMILES string of the molecule is C=CCN1C(N)=NCC1(C)c1cc(O)cc(O)c1. The van der Waals surface area contributed by atoms with Gasteiger partial charge in [-0.1, -0.05) is 6.08 Å². The van der Waals surface area contributed by atoms with Crippen molar-refractivity contribution in [2.24, 2.45) is 10.7 Å². The maximum Gasteiger partial charge on any atom is 0.192 e. The average Bonchev–Trinajstić information content (AvgIpc) is 2.58. The molecule has 96 valence electrons. The number of hydrogen-bond donors (Lipinski definition) is 3. The molecule has 1 unspecified atom stereocenters. The van der Waals surface area contributed by atoms with Gasteiger partial charge in [0.05, 0.1) is 12.1 Å². The molecule has 18 heavy (non-hydrogen) atoms. The number of phenols is 2. The molecule has 5 nitrogen and oxygen atoms in total. The van der Waals surface area contributed by atoms with Gasteiger partial charge >= 0.3 is 0 Å². The van der Waals surface area contributed by atoms with E-state index in [0.29, 0.717) is 19.0 Å². The van der Waals surface area contributed by atoms with Crippen molar-refractivity contribution in [2.45, 2.75) is 12.5 Å². The fourth-order valence-electron chi connectivity index (χ4n) is 2.24. The molecule has 1 aromatic carbocycles. The number of phenolic OH excluding ortho intramolecular Hbond substituents is 2. The molecule has 1 aliphatic heterocycles. The summed E-state index contributed by atoms with van der Waals surface area (Å²) in [4.78, 5) is 6.13. The van der Waals surface area contributed by atoms with Gasteiger partial charge in [-0.15, -0.1) is 6.58 Å². The third kappa shape index (κ3) is 1.88. The smallest absolute Gasteiger partial charge is 0.192 e. The normalized spacial score (nSPS) is 22.9. The number of benzene rings is 1. The lowest BCUT2D eigenvalue weighted by Gasteiger charge is -2.36. The summed E-state index contributed by atoms with van der Waals surface area (Å²) >= 11 is 0. The van der Waals surface area contributed by atoms with Crippen LogP contribution in [-0.4, -0.2) is 34.2 Å². The Morgan fingerprint density at radius 2 is 2.06 bits per heavy atom. The van der Waals surface area contributed by atoms with E-state index in [4.69, 9.17) is 5.73 Å². The second kappa shape index (κ2) is 4.25. The quantitative estimate of drug-likeness (QED) is 0.699. The molecule has 0 spiro atoms. The molecule has 0 fully saturated rings. The zero-order chi connectivity index (χ0) is 13.3. The molecule has 1 aromatic rings. The Kier molecular flexibility index (Phi) is 2.90. The maximum atomic E-state index is 9.58. The summed E-state index contributed by atoms with van der Waals surface area (Å²) in [6.45, 7) is 6.71. The molecule has 2 rings (SSSR count). The molecular formula is C13H17N3O2. The van der Waals surface area contributed by atoms with E-state index in [9.17, 15) is 10.2 Å². The minimum Gasteiger partial charge on any atom is -0.508 e. The summed E-state index contributed by atoms with van der Waals surface area (Å²) in [7, 11) is 0. The third-order valence-electron chi connectivity index (χ3n) is 3.26. The number of nitrogens with zero attached hydrogens (tertiary/aromatic N) is 2. The lowest BCUT2D eigenvalue weighted by molar-refractivity contribution is 0.243. The van der Waals surface area contributed by atoms with Gasteiger partial charge in [-0.05, 0) is 24.6 Å². The Labute approximate surface area is 106 Å². The lowest BCUT2D eigenvalue weighted by Crippen LogP contribution is -2.47. The summed E-state index contributed by atoms with van der Waals surface area (Å²) in [5, 5.41) is 19.2. The van der Waals surface area contributed by atoms with Crippen molar-refractivity contribution in [3.05, 3.63) is 36.4 Å². The van der Waals surface area contributed by atoms with Gasteiger partial charge in [0, 0.05) is 12.6 Å². The van der Waals surface area contributed by atoms with Gasteiger partial charge in [-0.25, -0.2) is 0 Å². The van der Waals surface area contributed by atoms with Gasteiger partial charge in [-0.2, -0.15) is 0 Å². The first-order valence-corrected chi connectivity index (χ1v) is 5.69. The van der Waals surface area contributed by atoms with Crippen LogP contribution in [0, 0.1) is 0 Å². The number of nitrogens with two attached hydrogens (primary N) is 1. The van der Waals surface area contributed by atoms with Gasteiger partial charge in [0.15, 0.2) is 5.96 Å². The molecule has 0 bridgehead atoms. The standard InChI is InChI=1S/C13H17N3O2/c1-3-4-16-12(14)15-8-13(16,2)9-5-10(17)7-11(18)6-9/h3,5-7,17-18H,1,4,8H2,2H3,(H2,14,15). The summed E-state index contributed by atoms with van der Waals surface area (Å²) in [5.74, 6) is 0.491. The van der Waals surface area contributed by atoms with Crippen LogP contribution in [0.1, 0.15) is 12.5 Å². The lowest BCUT2D eigenvalue weighted by atomic mass is 9.90. The van der Waals surface area contributed by atoms with Crippen molar-refractivity contribution in [3.63, 3.8) is 0 Å². The van der Waals surface area contributed by atoms with Crippen LogP contribution in [0.25, 0.3) is 0 Å². The second-order valence-electron chi connectivity index (χ2n) is 4.59. The Morgan fingerprint density at radius 1 is 1.44 bits per heavy atom. The second-order valence-corrected chi connectivity index (χ2v) is 4.59. The van der Waals surface area contributed by atoms with Crippen molar-refractivity contribution < 1.29 is 10.2 Å². The Morgan fingerprint density at radius 3 is 2.61 bits per heavy atom. The molecule has 4 N–H and O–H groups in total. The topological polar surface area (TPSA) is 82.1 Å². The first-order chi connectivity index (χ1) is 8.47. The van der Waals surface area contributed by atoms with Crippen LogP contribution >= 0.6 is 0 Å². The van der Waals surface area contributed by atoms with Gasteiger partial charge < -0.3 is 20.8 Å². The van der Waals surface area contributed by atoms with Gasteiger partial charge in [0.2, 0.25) is 0 Å². The molecule has 0 saturated heterocycles. The van der Waals surface area contributed by atoms with Crippen LogP contribution in [0.15, 0.2) is 35.8 Å². The molecule has 0 saturated carbocycles. The van der Waals surface area contributed by atoms with E-state index in [1.807, 2.05) is 11.8 Å². The highest BCUT2D eigenvalue weighted by Crippen LogP contribution is 2.36. The zero-order valence-corrected chi connectivity index (χ0v) is 10.3. The molecule has 1 aliphatic rings. The molecule has 0 radical (unpaired) electrons. The zero-order valence-electron chi connectivity index (χ0n) is 10.3. The van der Waals surface area contributed by atoms with E-state index >= 15 is 0 Å². The van der Waals surface area contributed by atoms with Gasteiger partial charge in [-0.3, -0.25) is 4.99 Å². The molecule has 0 aromatic heterocycles. The highest BCUT2D eigenvalue weighted by molar-refractivity contribution is 5.81. The monoisotopic (exact) mass is 247 g/mol. The fraction of sp³-hybridized carbons (Fsp3) is 0.308. The Balaban J connectivity index is 2.44. The molecule has 1 atom stereocenters. The summed E-state index contributed by atoms with van der Waals surface area (Å²) in [6, 6.07) is 4.53. The number of hydrogen-bond acceptors (Lipinski definition) is 5. The van der Waals surface area contributed by atoms with E-state index in [1.165, 1.54) is 6.07 Å². The highest BCUT2D eigenvalue weighted by atomic mass is 16.3. The largest absolute Gasteiger partial charge is 0.508 e. The molecule has 0 aliphatic carbocycles. The van der Waals surface area contributed by atoms with Crippen LogP contribution in [-0.2, 0) is 5.54 Å². The van der Waals surface area contributed by atoms with Gasteiger partial charge in [0.25, 0.3) is 0 Å². The first kappa shape index (κ1) is 12.3. The third-order valence-corrected chi connectivity index (χ3v) is 3.26. The number of aromatic hydroxyl groups is 2. The fourth-order valence-corrected chi connectivity index (χ4v) is 2.24. The van der Waals surface area contributed by atoms with Gasteiger partial charge in [0.1, 0.15) is 11.5 Å². The number of aliphatic imine (C=N–C) groups is 1. The predicted octanol–water partition coefficient (Wildman–Crippen LogP) is 1.13. The van der Waals surface area contributed by atoms with Crippen molar-refractivity contribution in [2.75, 3.05) is 13.1 Å². The average molecular weight is 247 g/mol. The van der Waals surface area contributed by atoms with Crippen molar-refractivity contribution in [1.29, 1.82) is 0 Å². The van der Waals surface area contributed by atoms with Crippen molar-refractivity contribution in [1.82, 2.24) is 4.90 Å². The predicted molar refractivity (Wildman–Crippen MR) is 70.5 cm³/mol. The van der Waals surface area contributed by atoms with Crippen LogP contribution in [0.4, 0.5) is 0 Å². The molecule has 5 heteroatoms. The maximum absolute atomic E-state index is 9.58. The van der Waals surface area contributed by atoms with Crippen LogP contribution in [0.2, 0.25) is 0 Å². The van der Waals surface area contributed by atoms with E-state index in [2.05, 4.69) is 11.6 Å². The van der Waals surface area contributed by atoms with Crippen molar-refractivity contribution >= 4 is 5.96 Å². The first-order valence-electron chi connectivity index (χ1n) is 5.69. The Hall–Kier alpha value is -2.17. The minimum absolute atomic E-state index is 0.0234. The molecule has 0 amide bonds. The van der Waals surface area contributed by atoms with E-state index in [-0.39, 0.29) is 11.5 Å². The van der Waals surface area contributed by atoms with E-state index in [1.54, 1.807) is 18.2 Å². The van der Waals surface area contributed by atoms with Crippen LogP contribution in [0.3, 0.4) is 0 Å². The summed E-state index contributed by atoms with van der Waals surface area (Å²) < 4.78 is 0. The summed E-state index contributed by atoms with van der Waals surface area (Å²) in [6.07, 6.45) is 1.74. The van der Waals surface area contributed by atoms with Crippen molar-refractivity contribution in [3.8, 4) is 11.5 Å². The summed E-state index contributed by atoms with van der Waals surface area (Å²) in [5.41, 5.74) is 6.15. The molecular weight excluding hydrogens is 230 g/mol. The minimum atomic E-state index is -0.478. The van der Waals surface area contributed by atoms with Crippen LogP contribution < -0.4 is 5.73 Å². The van der Waals surface area contributed by atoms with E-state index < -0.39 is 5.54 Å². The Bertz CT molecular complexity index is 493. The highest BCUT2D eigenvalue weighted by Gasteiger charge is 2.39. The number of rotatable bonds is 3. The number of guanidine groups is 1. The van der Waals surface area contributed by atoms with Crippen LogP contribution in [0.5, 0.6) is 11.5 Å². The molecule has 1 heterocycles.